The number of nitrogens with one attached hydrogen (secondary N) is 2. The highest BCUT2D eigenvalue weighted by atomic mass is 32.2. The van der Waals surface area contributed by atoms with Crippen LogP contribution >= 0.6 is 0 Å². The summed E-state index contributed by atoms with van der Waals surface area (Å²) in [5.74, 6) is -1.30. The summed E-state index contributed by atoms with van der Waals surface area (Å²) in [4.78, 5) is 12.1. The lowest BCUT2D eigenvalue weighted by Crippen LogP contribution is -2.23. The van der Waals surface area contributed by atoms with Gasteiger partial charge in [-0.15, -0.1) is 0 Å². The minimum Gasteiger partial charge on any atom is -0.454 e. The molecule has 4 N–H and O–H groups in total. The fraction of sp³-hybridized carbons (Fsp3) is 0.296. The number of anilines is 2. The van der Waals surface area contributed by atoms with Crippen LogP contribution in [0.25, 0.3) is 0 Å². The lowest BCUT2D eigenvalue weighted by atomic mass is 9.82. The van der Waals surface area contributed by atoms with Gasteiger partial charge in [0.05, 0.1) is 22.4 Å². The van der Waals surface area contributed by atoms with E-state index in [1.165, 1.54) is 12.1 Å². The van der Waals surface area contributed by atoms with E-state index in [-0.39, 0.29) is 18.2 Å². The number of alkyl halides is 9. The molecule has 0 bridgehead atoms. The number of amides is 2. The Morgan fingerprint density at radius 1 is 0.773 bits per heavy atom. The molecule has 0 radical (unpaired) electrons. The normalized spacial score (nSPS) is 13.0. The molecule has 17 heteroatoms. The molecule has 0 aliphatic rings. The van der Waals surface area contributed by atoms with Crippen molar-refractivity contribution in [2.24, 2.45) is 5.14 Å². The quantitative estimate of drug-likeness (QED) is 0.221. The van der Waals surface area contributed by atoms with Gasteiger partial charge >= 0.3 is 24.6 Å². The summed E-state index contributed by atoms with van der Waals surface area (Å²) in [6, 6.07) is 4.46. The fourth-order valence-electron chi connectivity index (χ4n) is 3.84. The predicted molar refractivity (Wildman–Crippen MR) is 142 cm³/mol. The van der Waals surface area contributed by atoms with Crippen LogP contribution in [0.5, 0.6) is 11.5 Å². The zero-order valence-electron chi connectivity index (χ0n) is 22.9. The van der Waals surface area contributed by atoms with Gasteiger partial charge in [0.25, 0.3) is 0 Å². The molecule has 3 aromatic carbocycles. The maximum atomic E-state index is 13.9. The molecule has 0 atom stereocenters. The van der Waals surface area contributed by atoms with Gasteiger partial charge in [-0.25, -0.2) is 18.4 Å². The van der Waals surface area contributed by atoms with Crippen LogP contribution in [0, 0.1) is 0 Å². The number of para-hydroxylation sites is 1. The van der Waals surface area contributed by atoms with Gasteiger partial charge in [-0.1, -0.05) is 32.9 Å². The number of halogens is 9. The molecule has 0 aliphatic carbocycles. The second-order valence-corrected chi connectivity index (χ2v) is 11.6. The molecule has 7 nitrogen and oxygen atoms in total. The lowest BCUT2D eigenvalue weighted by Gasteiger charge is -2.25. The van der Waals surface area contributed by atoms with E-state index in [0.29, 0.717) is 18.1 Å². The van der Waals surface area contributed by atoms with Crippen molar-refractivity contribution >= 4 is 27.4 Å². The Kier molecular flexibility index (Phi) is 9.28. The number of sulfonamides is 1. The number of hydrogen-bond acceptors (Lipinski definition) is 4. The van der Waals surface area contributed by atoms with E-state index in [1.54, 1.807) is 24.5 Å². The number of urea groups is 1. The number of carbonyl (C=O) groups excluding carboxylic acids is 1. The highest BCUT2D eigenvalue weighted by molar-refractivity contribution is 7.89. The first-order valence-corrected chi connectivity index (χ1v) is 13.9. The van der Waals surface area contributed by atoms with Crippen molar-refractivity contribution in [3.05, 3.63) is 76.9 Å². The van der Waals surface area contributed by atoms with Crippen molar-refractivity contribution in [1.29, 1.82) is 0 Å². The van der Waals surface area contributed by atoms with E-state index < -0.39 is 84.5 Å². The van der Waals surface area contributed by atoms with Crippen LogP contribution in [-0.4, -0.2) is 14.4 Å². The number of primary sulfonamides is 1. The number of ether oxygens (including phenoxy) is 1. The molecule has 0 spiro atoms. The zero-order chi connectivity index (χ0) is 33.5. The van der Waals surface area contributed by atoms with Crippen molar-refractivity contribution in [3.63, 3.8) is 0 Å². The van der Waals surface area contributed by atoms with Crippen LogP contribution in [0.2, 0.25) is 0 Å². The SMILES string of the molecule is CCC(C)(C)c1ccc(Oc2cccc(C(F)(F)F)c2NC(=O)Nc2cc(C(F)(F)F)cc(C(F)(F)F)c2)c(S(N)(=O)=O)c1. The number of nitrogens with two attached hydrogens (primary N) is 1. The largest absolute Gasteiger partial charge is 0.454 e. The monoisotopic (exact) mass is 657 g/mol. The molecule has 0 saturated heterocycles. The van der Waals surface area contributed by atoms with Crippen LogP contribution in [0.3, 0.4) is 0 Å². The van der Waals surface area contributed by atoms with Crippen LogP contribution < -0.4 is 20.5 Å². The van der Waals surface area contributed by atoms with Crippen LogP contribution in [0.4, 0.5) is 55.7 Å². The Morgan fingerprint density at radius 3 is 1.82 bits per heavy atom. The van der Waals surface area contributed by atoms with Gasteiger partial charge in [0.1, 0.15) is 10.6 Å². The molecule has 0 unspecified atom stereocenters. The number of rotatable bonds is 7. The summed E-state index contributed by atoms with van der Waals surface area (Å²) in [5.41, 5.74) is -7.32. The lowest BCUT2D eigenvalue weighted by molar-refractivity contribution is -0.143. The van der Waals surface area contributed by atoms with Crippen molar-refractivity contribution < 1.29 is 57.5 Å². The number of carbonyl (C=O) groups is 1. The van der Waals surface area contributed by atoms with Gasteiger partial charge in [0.2, 0.25) is 10.0 Å². The Balaban J connectivity index is 2.09. The Bertz CT molecular complexity index is 1630. The summed E-state index contributed by atoms with van der Waals surface area (Å²) in [5, 5.41) is 8.72. The first kappa shape index (κ1) is 34.5. The average Bonchev–Trinajstić information content (AvgIpc) is 2.87. The first-order chi connectivity index (χ1) is 19.9. The van der Waals surface area contributed by atoms with Crippen molar-refractivity contribution in [1.82, 2.24) is 0 Å². The predicted octanol–water partition coefficient (Wildman–Crippen LogP) is 8.51. The van der Waals surface area contributed by atoms with E-state index in [9.17, 15) is 52.7 Å². The van der Waals surface area contributed by atoms with E-state index in [2.05, 4.69) is 0 Å². The third-order valence-electron chi connectivity index (χ3n) is 6.55. The van der Waals surface area contributed by atoms with Crippen molar-refractivity contribution in [3.8, 4) is 11.5 Å². The second-order valence-electron chi connectivity index (χ2n) is 10.1. The van der Waals surface area contributed by atoms with Crippen LogP contribution in [0.1, 0.15) is 49.4 Å². The van der Waals surface area contributed by atoms with Crippen LogP contribution in [0.15, 0.2) is 59.5 Å². The van der Waals surface area contributed by atoms with Gasteiger partial charge in [0, 0.05) is 5.69 Å². The van der Waals surface area contributed by atoms with Crippen molar-refractivity contribution in [2.45, 2.75) is 56.0 Å². The molecule has 3 aromatic rings. The summed E-state index contributed by atoms with van der Waals surface area (Å²) >= 11 is 0. The Hall–Kier alpha value is -3.99. The molecule has 2 amide bonds. The minimum atomic E-state index is -5.26. The third kappa shape index (κ3) is 8.13. The maximum absolute atomic E-state index is 13.9. The van der Waals surface area contributed by atoms with E-state index in [0.717, 1.165) is 18.2 Å². The molecule has 44 heavy (non-hydrogen) atoms. The first-order valence-electron chi connectivity index (χ1n) is 12.4. The number of benzene rings is 3. The van der Waals surface area contributed by atoms with E-state index in [1.807, 2.05) is 6.92 Å². The fourth-order valence-corrected chi connectivity index (χ4v) is 4.52. The van der Waals surface area contributed by atoms with Crippen LogP contribution in [-0.2, 0) is 34.0 Å². The molecular formula is C27H24F9N3O4S. The maximum Gasteiger partial charge on any atom is 0.418 e. The van der Waals surface area contributed by atoms with Gasteiger partial charge in [0.15, 0.2) is 5.75 Å². The molecule has 3 rings (SSSR count). The highest BCUT2D eigenvalue weighted by Crippen LogP contribution is 2.43. The van der Waals surface area contributed by atoms with E-state index in [4.69, 9.17) is 9.88 Å². The smallest absolute Gasteiger partial charge is 0.418 e. The van der Waals surface area contributed by atoms with Gasteiger partial charge in [-0.2, -0.15) is 39.5 Å². The second kappa shape index (κ2) is 11.8. The summed E-state index contributed by atoms with van der Waals surface area (Å²) < 4.78 is 151. The van der Waals surface area contributed by atoms with Gasteiger partial charge < -0.3 is 15.4 Å². The molecule has 0 aromatic heterocycles. The summed E-state index contributed by atoms with van der Waals surface area (Å²) in [6.45, 7) is 5.42. The highest BCUT2D eigenvalue weighted by Gasteiger charge is 2.38. The third-order valence-corrected chi connectivity index (χ3v) is 7.48. The van der Waals surface area contributed by atoms with Gasteiger partial charge in [-0.05, 0) is 59.9 Å². The molecule has 0 heterocycles. The zero-order valence-corrected chi connectivity index (χ0v) is 23.7. The molecule has 0 aliphatic heterocycles. The molecular weight excluding hydrogens is 633 g/mol. The standard InChI is InChI=1S/C27H24F9N3O4S/c1-4-24(2,3)14-8-9-19(21(13-14)44(37,41)42)43-20-7-5-6-18(27(34,35)36)22(20)39-23(40)38-17-11-15(25(28,29)30)10-16(12-17)26(31,32)33/h5-13H,4H2,1-3H3,(H2,37,41,42)(H2,38,39,40). The van der Waals surface area contributed by atoms with Crippen molar-refractivity contribution in [2.75, 3.05) is 10.6 Å². The topological polar surface area (TPSA) is 111 Å². The van der Waals surface area contributed by atoms with E-state index >= 15 is 0 Å². The van der Waals surface area contributed by atoms with Gasteiger partial charge in [-0.3, -0.25) is 0 Å². The summed E-state index contributed by atoms with van der Waals surface area (Å²) in [7, 11) is -4.52. The molecule has 240 valence electrons. The molecule has 0 fully saturated rings. The summed E-state index contributed by atoms with van der Waals surface area (Å²) in [6.07, 6.45) is -15.1. The minimum absolute atomic E-state index is 0.152. The number of hydrogen-bond donors (Lipinski definition) is 3. The Morgan fingerprint density at radius 2 is 1.34 bits per heavy atom. The Labute approximate surface area is 245 Å². The molecule has 0 saturated carbocycles. The average molecular weight is 658 g/mol.